The molecule has 11 aliphatic heterocycles. The van der Waals surface area contributed by atoms with E-state index in [1.807, 2.05) is 0 Å². The van der Waals surface area contributed by atoms with Gasteiger partial charge in [0, 0.05) is 41.0 Å². The van der Waals surface area contributed by atoms with Gasteiger partial charge in [0.15, 0.2) is 62.9 Å². The number of aliphatic hydroxyl groups excluding tert-OH is 30. The van der Waals surface area contributed by atoms with Crippen molar-refractivity contribution in [2.45, 2.75) is 391 Å². The van der Waals surface area contributed by atoms with E-state index in [4.69, 9.17) is 99.5 Å². The average molecular weight is 2080 g/mol. The molecule has 11 saturated heterocycles. The number of ether oxygens (including phenoxy) is 21. The zero-order chi connectivity index (χ0) is 105. The number of rotatable bonds is 38. The van der Waals surface area contributed by atoms with Crippen LogP contribution in [0.5, 0.6) is 0 Å². The van der Waals surface area contributed by atoms with Crippen LogP contribution in [0, 0.1) is 0 Å². The Bertz CT molecular complexity index is 4010. The van der Waals surface area contributed by atoms with Gasteiger partial charge in [0.05, 0.1) is 84.3 Å². The number of nitrogens with one attached hydrogen (secondary N) is 5. The highest BCUT2D eigenvalue weighted by Crippen LogP contribution is 2.43. The topological polar surface area (TPSA) is 984 Å². The molecule has 11 heterocycles. The van der Waals surface area contributed by atoms with Crippen LogP contribution in [0.15, 0.2) is 0 Å². The lowest BCUT2D eigenvalue weighted by Gasteiger charge is -2.51. The predicted octanol–water partition coefficient (Wildman–Crippen LogP) is -24.0. The summed E-state index contributed by atoms with van der Waals surface area (Å²) in [6.45, 7) is -5.99. The fourth-order valence-electron chi connectivity index (χ4n) is 18.3. The van der Waals surface area contributed by atoms with Gasteiger partial charge in [0.2, 0.25) is 29.5 Å². The molecule has 820 valence electrons. The van der Waals surface area contributed by atoms with E-state index in [9.17, 15) is 187 Å². The summed E-state index contributed by atoms with van der Waals surface area (Å²) in [5, 5.41) is 360. The minimum absolute atomic E-state index is 0.848. The van der Waals surface area contributed by atoms with E-state index in [2.05, 4.69) is 26.6 Å². The second kappa shape index (κ2) is 50.6. The molecule has 142 heavy (non-hydrogen) atoms. The van der Waals surface area contributed by atoms with Gasteiger partial charge in [0.25, 0.3) is 5.79 Å². The predicted molar refractivity (Wildman–Crippen MR) is 436 cm³/mol. The van der Waals surface area contributed by atoms with Crippen molar-refractivity contribution in [1.82, 2.24) is 26.6 Å². The van der Waals surface area contributed by atoms with Crippen LogP contribution in [0.1, 0.15) is 48.0 Å². The summed E-state index contributed by atoms with van der Waals surface area (Å²) in [5.74, 6) is -10.0. The Morgan fingerprint density at radius 2 is 0.620 bits per heavy atom. The molecule has 0 radical (unpaired) electrons. The van der Waals surface area contributed by atoms with Gasteiger partial charge in [-0.05, 0) is 6.92 Å². The van der Waals surface area contributed by atoms with Gasteiger partial charge < -0.3 is 284 Å². The maximum absolute atomic E-state index is 13.4. The van der Waals surface area contributed by atoms with E-state index in [0.29, 0.717) is 0 Å². The molecule has 0 aliphatic carbocycles. The number of aliphatic hydroxyl groups is 30. The van der Waals surface area contributed by atoms with Crippen molar-refractivity contribution in [2.24, 2.45) is 0 Å². The normalized spacial score (nSPS) is 48.0. The van der Waals surface area contributed by atoms with Crippen molar-refractivity contribution < 1.29 is 287 Å². The Morgan fingerprint density at radius 3 is 1.05 bits per heavy atom. The van der Waals surface area contributed by atoms with E-state index < -0.39 is 451 Å². The third kappa shape index (κ3) is 26.0. The number of carboxylic acid groups (broad SMARTS) is 1. The highest BCUT2D eigenvalue weighted by atomic mass is 16.8. The van der Waals surface area contributed by atoms with Crippen LogP contribution in [0.4, 0.5) is 0 Å². The fraction of sp³-hybridized carbons (Fsp3) is 0.924. The molecule has 0 aromatic heterocycles. The molecule has 63 nitrogen and oxygen atoms in total. The molecule has 0 aromatic carbocycles. The zero-order valence-electron chi connectivity index (χ0n) is 76.4. The van der Waals surface area contributed by atoms with Crippen LogP contribution in [-0.2, 0) is 128 Å². The van der Waals surface area contributed by atoms with Gasteiger partial charge in [-0.15, -0.1) is 0 Å². The molecule has 0 saturated carbocycles. The van der Waals surface area contributed by atoms with Crippen LogP contribution in [-0.4, -0.2) is 603 Å². The third-order valence-corrected chi connectivity index (χ3v) is 25.9. The molecular weight excluding hydrogens is 1950 g/mol. The Kier molecular flexibility index (Phi) is 41.7. The summed E-state index contributed by atoms with van der Waals surface area (Å²) in [6, 6.07) is -9.70. The second-order valence-electron chi connectivity index (χ2n) is 36.0. The summed E-state index contributed by atoms with van der Waals surface area (Å²) >= 11 is 0. The first-order valence-corrected chi connectivity index (χ1v) is 45.1. The quantitative estimate of drug-likeness (QED) is 0.0273. The van der Waals surface area contributed by atoms with E-state index in [1.54, 1.807) is 0 Å². The van der Waals surface area contributed by atoms with Crippen LogP contribution < -0.4 is 26.6 Å². The molecule has 0 unspecified atom stereocenters. The first-order chi connectivity index (χ1) is 66.9. The third-order valence-electron chi connectivity index (χ3n) is 25.9. The van der Waals surface area contributed by atoms with Crippen LogP contribution in [0.2, 0.25) is 0 Å². The van der Waals surface area contributed by atoms with Crippen molar-refractivity contribution in [3.05, 3.63) is 0 Å². The monoisotopic (exact) mass is 2080 g/mol. The summed E-state index contributed by atoms with van der Waals surface area (Å²) in [5.41, 5.74) is 0. The summed E-state index contributed by atoms with van der Waals surface area (Å²) in [4.78, 5) is 77.5. The Balaban J connectivity index is 0.908. The molecule has 36 N–H and O–H groups in total. The SMILES string of the molecule is CC(=O)N[C@@H]1[C@@H](O)[C@H](O[C@@H]2O[C@H](CO)[C@@H](O[C@@H]3O[C@H](CO[C@H]4O[C@H](CO)[C@@H](O)[C@H](O)[C@@H]4O[C@@H]4O[C@H](CO)[C@@H](O[C@@H]5O[C@H](CO)[C@H](O)[C@H](O)[C@H]5O)[C@H](O)[C@H]4NC(C)=O)[C@@H](O)[C@H](O[C@H]4O[C@H](CO)[C@@H](O)[C@H](O)[C@@H]4O[C@@H]4O[C@H](CO)[C@@H](O[C@@H]5O[C@H](CO[C@]6(C(=O)O)C[C@H](O)[C@@H](NC(C)=O)[C@H]([C@H](O)[C@H](O)CO)O6)[C@H](O)[C@H](O)[C@H]5O)[C@H](O)[C@H]4NC(C)=O)[C@@H]3O)[C@H](O)[C@H]2NC(C)=O)[C@@H](CO[C@H]2O[C@H](C)[C@H](O)[C@H](O)[C@H]2O)O[C@H]1O. The van der Waals surface area contributed by atoms with Gasteiger partial charge in [-0.3, -0.25) is 24.0 Å². The van der Waals surface area contributed by atoms with E-state index in [-0.39, 0.29) is 0 Å². The second-order valence-corrected chi connectivity index (χ2v) is 36.0. The van der Waals surface area contributed by atoms with Crippen molar-refractivity contribution in [2.75, 3.05) is 66.1 Å². The van der Waals surface area contributed by atoms with Gasteiger partial charge in [-0.2, -0.15) is 0 Å². The van der Waals surface area contributed by atoms with Gasteiger partial charge in [-0.25, -0.2) is 4.79 Å². The van der Waals surface area contributed by atoms with E-state index in [0.717, 1.165) is 34.6 Å². The number of hydrogen-bond acceptors (Lipinski definition) is 57. The van der Waals surface area contributed by atoms with Crippen LogP contribution >= 0.6 is 0 Å². The van der Waals surface area contributed by atoms with Crippen LogP contribution in [0.3, 0.4) is 0 Å². The summed E-state index contributed by atoms with van der Waals surface area (Å²) in [7, 11) is 0. The highest BCUT2D eigenvalue weighted by Gasteiger charge is 2.64. The Hall–Kier alpha value is -5.22. The van der Waals surface area contributed by atoms with Crippen molar-refractivity contribution in [3.63, 3.8) is 0 Å². The number of carbonyl (C=O) groups is 6. The Morgan fingerprint density at radius 1 is 0.303 bits per heavy atom. The maximum atomic E-state index is 13.4. The van der Waals surface area contributed by atoms with Crippen molar-refractivity contribution >= 4 is 35.5 Å². The minimum Gasteiger partial charge on any atom is -0.477 e. The molecule has 63 heteroatoms. The fourth-order valence-corrected chi connectivity index (χ4v) is 18.3. The molecule has 56 atom stereocenters. The van der Waals surface area contributed by atoms with Crippen molar-refractivity contribution in [3.8, 4) is 0 Å². The molecule has 0 aromatic rings. The minimum atomic E-state index is -3.12. The van der Waals surface area contributed by atoms with Gasteiger partial charge >= 0.3 is 5.97 Å². The molecule has 11 rings (SSSR count). The summed E-state index contributed by atoms with van der Waals surface area (Å²) < 4.78 is 125. The molecule has 5 amide bonds. The molecule has 0 spiro atoms. The van der Waals surface area contributed by atoms with Gasteiger partial charge in [0.1, 0.15) is 256 Å². The maximum Gasteiger partial charge on any atom is 0.364 e. The number of hydrogen-bond donors (Lipinski definition) is 36. The first kappa shape index (κ1) is 117. The molecule has 0 bridgehead atoms. The van der Waals surface area contributed by atoms with E-state index in [1.165, 1.54) is 6.92 Å². The van der Waals surface area contributed by atoms with Crippen molar-refractivity contribution in [1.29, 1.82) is 0 Å². The standard InChI is InChI=1S/C79H131N5O58/c1-18-40(99)51(110)56(115)72(125-18)122-16-34-63(47(106)36(68(119)126-34)81-20(3)93)135-69-37(82-21(4)94)48(107)62(31(14-91)130-69)138-75-59(118)65(46(105)32(133-75)15-123-76-66(54(113)43(102)27(10-87)128-76)140-70-38(83-22(5)95)49(108)60(29(12-89)131-70)136-73-57(116)52(111)42(101)26(9-86)127-73)139-77-67(55(114)44(103)28(11-88)129-77)141-71-39(84-23(6)96)50(109)61(30(13-90)132-71)137-74-58(117)53(112)45(104)33(134-74)17-124-79(78(120)121)7-24(97)35(80-19(2)92)64(142-79)41(100)25(98)8-85/h18,24-77,85-91,97-119H,7-17H2,1-6H3,(H,80,92)(H,81,93)(H,82,94)(H,83,95)(H,84,96)(H,120,121)/t18-,24+,25-,26-,27-,28-,29-,30-,31-,32-,33-,34-,35-,36-,37-,38-,39-,40+,41-,42+,43-,44-,45+,46-,47-,48-,49-,50-,51+,52+,53+,54+,55+,56-,57-,58-,59+,60-,61-,62-,63-,64-,65+,66+,67+,68-,69+,70+,71+,72+,73+,74+,75+,76+,77-,79-/m1/s1. The first-order valence-electron chi connectivity index (χ1n) is 45.1. The lowest BCUT2D eigenvalue weighted by atomic mass is 9.88. The molecular formula is C79H131N5O58. The number of carboxylic acids is 1. The zero-order valence-corrected chi connectivity index (χ0v) is 76.4. The highest BCUT2D eigenvalue weighted by molar-refractivity contribution is 5.77. The molecule has 11 fully saturated rings. The van der Waals surface area contributed by atoms with E-state index >= 15 is 0 Å². The summed E-state index contributed by atoms with van der Waals surface area (Å²) in [6.07, 6.45) is -110. The average Bonchev–Trinajstić information content (AvgIpc) is 0.764. The number of aliphatic carboxylic acids is 1. The number of carbonyl (C=O) groups excluding carboxylic acids is 5. The largest absolute Gasteiger partial charge is 0.477 e. The smallest absolute Gasteiger partial charge is 0.364 e. The Labute approximate surface area is 803 Å². The van der Waals surface area contributed by atoms with Crippen LogP contribution in [0.25, 0.3) is 0 Å². The number of amides is 5. The lowest BCUT2D eigenvalue weighted by Crippen LogP contribution is -2.71. The van der Waals surface area contributed by atoms with Gasteiger partial charge in [-0.1, -0.05) is 0 Å². The lowest BCUT2D eigenvalue weighted by molar-refractivity contribution is -0.399. The molecule has 11 aliphatic rings.